The van der Waals surface area contributed by atoms with Gasteiger partial charge in [0.25, 0.3) is 5.91 Å². The molecule has 23 heavy (non-hydrogen) atoms. The van der Waals surface area contributed by atoms with E-state index < -0.39 is 0 Å². The van der Waals surface area contributed by atoms with Gasteiger partial charge in [0.2, 0.25) is 0 Å². The molecule has 0 fully saturated rings. The van der Waals surface area contributed by atoms with Gasteiger partial charge in [0.15, 0.2) is 0 Å². The molecule has 2 N–H and O–H groups in total. The predicted molar refractivity (Wildman–Crippen MR) is 92.8 cm³/mol. The Labute approximate surface area is 137 Å². The summed E-state index contributed by atoms with van der Waals surface area (Å²) in [6.07, 6.45) is 5.34. The lowest BCUT2D eigenvalue weighted by Gasteiger charge is -2.30. The van der Waals surface area contributed by atoms with Crippen LogP contribution in [-0.2, 0) is 25.8 Å². The third kappa shape index (κ3) is 2.45. The van der Waals surface area contributed by atoms with Crippen LogP contribution in [-0.4, -0.2) is 12.5 Å². The van der Waals surface area contributed by atoms with E-state index >= 15 is 0 Å². The van der Waals surface area contributed by atoms with Crippen LogP contribution in [0.1, 0.15) is 45.5 Å². The van der Waals surface area contributed by atoms with Crippen LogP contribution >= 0.6 is 0 Å². The van der Waals surface area contributed by atoms with E-state index in [4.69, 9.17) is 5.73 Å². The van der Waals surface area contributed by atoms with Gasteiger partial charge in [0.1, 0.15) is 0 Å². The number of amides is 1. The Bertz CT molecular complexity index is 766. The number of hydrogen-bond donors (Lipinski definition) is 1. The topological polar surface area (TPSA) is 46.3 Å². The van der Waals surface area contributed by atoms with Gasteiger partial charge >= 0.3 is 0 Å². The highest BCUT2D eigenvalue weighted by Gasteiger charge is 2.27. The summed E-state index contributed by atoms with van der Waals surface area (Å²) in [7, 11) is 0. The summed E-state index contributed by atoms with van der Waals surface area (Å²) >= 11 is 0. The summed E-state index contributed by atoms with van der Waals surface area (Å²) < 4.78 is 0. The van der Waals surface area contributed by atoms with Crippen molar-refractivity contribution in [3.05, 3.63) is 64.2 Å². The molecule has 1 amide bonds. The maximum absolute atomic E-state index is 13.2. The maximum Gasteiger partial charge on any atom is 0.258 e. The molecule has 0 spiro atoms. The number of carbonyl (C=O) groups is 1. The Balaban J connectivity index is 1.73. The van der Waals surface area contributed by atoms with Crippen LogP contribution in [0.3, 0.4) is 0 Å². The predicted octanol–water partition coefficient (Wildman–Crippen LogP) is 3.23. The van der Waals surface area contributed by atoms with Crippen molar-refractivity contribution in [2.45, 2.75) is 38.6 Å². The number of rotatable bonds is 2. The molecule has 0 atom stereocenters. The summed E-state index contributed by atoms with van der Waals surface area (Å²) in [5.41, 5.74) is 12.7. The average molecular weight is 306 g/mol. The summed E-state index contributed by atoms with van der Waals surface area (Å²) in [5.74, 6) is 0.158. The fourth-order valence-corrected chi connectivity index (χ4v) is 3.95. The maximum atomic E-state index is 13.2. The smallest absolute Gasteiger partial charge is 0.258 e. The van der Waals surface area contributed by atoms with Crippen LogP contribution < -0.4 is 10.6 Å². The first-order chi connectivity index (χ1) is 11.3. The Morgan fingerprint density at radius 1 is 1.04 bits per heavy atom. The summed E-state index contributed by atoms with van der Waals surface area (Å²) in [5, 5.41) is 0. The van der Waals surface area contributed by atoms with Crippen LogP contribution in [0.4, 0.5) is 5.69 Å². The monoisotopic (exact) mass is 306 g/mol. The zero-order chi connectivity index (χ0) is 15.8. The quantitative estimate of drug-likeness (QED) is 0.926. The second kappa shape index (κ2) is 5.82. The molecule has 2 aliphatic rings. The van der Waals surface area contributed by atoms with E-state index in [0.717, 1.165) is 55.5 Å². The van der Waals surface area contributed by atoms with Crippen LogP contribution in [0.25, 0.3) is 0 Å². The van der Waals surface area contributed by atoms with Crippen LogP contribution in [0.5, 0.6) is 0 Å². The van der Waals surface area contributed by atoms with E-state index in [1.165, 1.54) is 16.7 Å². The Morgan fingerprint density at radius 2 is 1.91 bits per heavy atom. The number of benzene rings is 2. The van der Waals surface area contributed by atoms with E-state index in [1.54, 1.807) is 0 Å². The Kier molecular flexibility index (Phi) is 3.66. The van der Waals surface area contributed by atoms with Gasteiger partial charge in [0, 0.05) is 24.3 Å². The van der Waals surface area contributed by atoms with E-state index in [2.05, 4.69) is 18.2 Å². The molecular weight excluding hydrogens is 284 g/mol. The highest BCUT2D eigenvalue weighted by Crippen LogP contribution is 2.32. The fourth-order valence-electron chi connectivity index (χ4n) is 3.95. The Morgan fingerprint density at radius 3 is 2.78 bits per heavy atom. The molecule has 0 saturated heterocycles. The second-order valence-corrected chi connectivity index (χ2v) is 6.52. The first-order valence-electron chi connectivity index (χ1n) is 8.52. The number of nitrogens with two attached hydrogens (primary N) is 1. The number of aryl methyl sites for hydroxylation is 2. The van der Waals surface area contributed by atoms with Crippen molar-refractivity contribution in [1.29, 1.82) is 0 Å². The van der Waals surface area contributed by atoms with Crippen molar-refractivity contribution in [3.8, 4) is 0 Å². The number of fused-ring (bicyclic) bond motifs is 2. The van der Waals surface area contributed by atoms with Crippen molar-refractivity contribution in [3.63, 3.8) is 0 Å². The minimum absolute atomic E-state index is 0.158. The van der Waals surface area contributed by atoms with Crippen LogP contribution in [0, 0.1) is 0 Å². The molecule has 118 valence electrons. The van der Waals surface area contributed by atoms with E-state index in [1.807, 2.05) is 23.1 Å². The van der Waals surface area contributed by atoms with Crippen LogP contribution in [0.2, 0.25) is 0 Å². The minimum atomic E-state index is 0.158. The SMILES string of the molecule is NCc1ccc2c(c1)CCCN2C(=O)c1cccc2c1CCC2. The molecule has 2 aromatic carbocycles. The normalized spacial score (nSPS) is 16.1. The van der Waals surface area contributed by atoms with Crippen LogP contribution in [0.15, 0.2) is 36.4 Å². The van der Waals surface area contributed by atoms with Crippen molar-refractivity contribution in [2.24, 2.45) is 5.73 Å². The van der Waals surface area contributed by atoms with Gasteiger partial charge in [-0.2, -0.15) is 0 Å². The molecule has 1 aliphatic heterocycles. The first-order valence-corrected chi connectivity index (χ1v) is 8.52. The van der Waals surface area contributed by atoms with E-state index in [-0.39, 0.29) is 5.91 Å². The molecule has 0 aromatic heterocycles. The molecule has 0 unspecified atom stereocenters. The lowest BCUT2D eigenvalue weighted by molar-refractivity contribution is 0.0984. The van der Waals surface area contributed by atoms with E-state index in [9.17, 15) is 4.79 Å². The van der Waals surface area contributed by atoms with Gasteiger partial charge in [0.05, 0.1) is 0 Å². The molecule has 1 heterocycles. The van der Waals surface area contributed by atoms with Gasteiger partial charge < -0.3 is 10.6 Å². The first kappa shape index (κ1) is 14.5. The molecule has 3 nitrogen and oxygen atoms in total. The van der Waals surface area contributed by atoms with Crippen molar-refractivity contribution in [1.82, 2.24) is 0 Å². The minimum Gasteiger partial charge on any atom is -0.326 e. The van der Waals surface area contributed by atoms with E-state index in [0.29, 0.717) is 6.54 Å². The highest BCUT2D eigenvalue weighted by atomic mass is 16.2. The number of anilines is 1. The second-order valence-electron chi connectivity index (χ2n) is 6.52. The average Bonchev–Trinajstić information content (AvgIpc) is 3.08. The molecule has 0 bridgehead atoms. The summed E-state index contributed by atoms with van der Waals surface area (Å²) in [4.78, 5) is 15.1. The number of hydrogen-bond acceptors (Lipinski definition) is 2. The number of nitrogens with zero attached hydrogens (tertiary/aromatic N) is 1. The van der Waals surface area contributed by atoms with Gasteiger partial charge in [-0.15, -0.1) is 0 Å². The third-order valence-electron chi connectivity index (χ3n) is 5.12. The molecular formula is C20H22N2O. The molecule has 0 saturated carbocycles. The standard InChI is InChI=1S/C20H22N2O/c21-13-14-9-10-19-16(12-14)6-3-11-22(19)20(23)18-8-2-5-15-4-1-7-17(15)18/h2,5,8-10,12H,1,3-4,6-7,11,13,21H2. The lowest BCUT2D eigenvalue weighted by Crippen LogP contribution is -2.36. The van der Waals surface area contributed by atoms with Crippen molar-refractivity contribution < 1.29 is 4.79 Å². The fraction of sp³-hybridized carbons (Fsp3) is 0.350. The molecule has 0 radical (unpaired) electrons. The Hall–Kier alpha value is -2.13. The molecule has 4 rings (SSSR count). The summed E-state index contributed by atoms with van der Waals surface area (Å²) in [6, 6.07) is 12.5. The van der Waals surface area contributed by atoms with Gasteiger partial charge in [-0.05, 0) is 66.5 Å². The zero-order valence-electron chi connectivity index (χ0n) is 13.3. The van der Waals surface area contributed by atoms with Gasteiger partial charge in [-0.25, -0.2) is 0 Å². The third-order valence-corrected chi connectivity index (χ3v) is 5.12. The van der Waals surface area contributed by atoms with Gasteiger partial charge in [-0.3, -0.25) is 4.79 Å². The molecule has 1 aliphatic carbocycles. The van der Waals surface area contributed by atoms with Gasteiger partial charge in [-0.1, -0.05) is 24.3 Å². The largest absolute Gasteiger partial charge is 0.326 e. The highest BCUT2D eigenvalue weighted by molar-refractivity contribution is 6.08. The molecule has 2 aromatic rings. The van der Waals surface area contributed by atoms with Crippen molar-refractivity contribution in [2.75, 3.05) is 11.4 Å². The zero-order valence-corrected chi connectivity index (χ0v) is 13.3. The number of carbonyl (C=O) groups excluding carboxylic acids is 1. The van der Waals surface area contributed by atoms with Crippen molar-refractivity contribution >= 4 is 11.6 Å². The molecule has 3 heteroatoms. The summed E-state index contributed by atoms with van der Waals surface area (Å²) in [6.45, 7) is 1.35. The lowest BCUT2D eigenvalue weighted by atomic mass is 9.97.